The molecule has 0 radical (unpaired) electrons. The van der Waals surface area contributed by atoms with E-state index in [4.69, 9.17) is 23.7 Å². The monoisotopic (exact) mass is 801 g/mol. The lowest BCUT2D eigenvalue weighted by molar-refractivity contribution is -0.302. The highest BCUT2D eigenvalue weighted by Crippen LogP contribution is 2.40. The zero-order chi connectivity index (χ0) is 42.4. The second kappa shape index (κ2) is 19.6. The number of nitrogens with zero attached hydrogens (tertiary/aromatic N) is 1. The summed E-state index contributed by atoms with van der Waals surface area (Å²) in [4.78, 5) is 43.9. The van der Waals surface area contributed by atoms with Gasteiger partial charge in [-0.2, -0.15) is 0 Å². The summed E-state index contributed by atoms with van der Waals surface area (Å²) in [6.07, 6.45) is -7.83. The minimum Gasteiger partial charge on any atom is -0.461 e. The smallest absolute Gasteiger partial charge is 0.312 e. The van der Waals surface area contributed by atoms with Crippen molar-refractivity contribution in [1.29, 1.82) is 0 Å². The molecule has 2 saturated heterocycles. The lowest BCUT2D eigenvalue weighted by Gasteiger charge is -2.48. The highest BCUT2D eigenvalue weighted by Gasteiger charge is 2.53. The quantitative estimate of drug-likeness (QED) is 0.276. The van der Waals surface area contributed by atoms with Crippen LogP contribution in [-0.4, -0.2) is 112 Å². The predicted octanol–water partition coefficient (Wildman–Crippen LogP) is 5.02. The van der Waals surface area contributed by atoms with Crippen molar-refractivity contribution < 1.29 is 57.8 Å². The minimum atomic E-state index is -2.03. The van der Waals surface area contributed by atoms with Crippen molar-refractivity contribution in [3.8, 4) is 0 Å². The molecule has 3 N–H and O–H groups in total. The van der Waals surface area contributed by atoms with Crippen LogP contribution in [0.1, 0.15) is 85.8 Å². The number of aliphatic hydroxyl groups is 3. The number of ketones is 1. The number of carbonyl (C=O) groups excluding carboxylic acids is 3. The van der Waals surface area contributed by atoms with E-state index in [1.807, 2.05) is 49.2 Å². The number of aliphatic hydroxyl groups excluding tert-OH is 2. The van der Waals surface area contributed by atoms with Crippen molar-refractivity contribution in [2.45, 2.75) is 148 Å². The number of rotatable bonds is 10. The molecule has 2 aliphatic rings. The average Bonchev–Trinajstić information content (AvgIpc) is 3.18. The van der Waals surface area contributed by atoms with Crippen molar-refractivity contribution in [2.24, 2.45) is 23.7 Å². The van der Waals surface area contributed by atoms with Crippen molar-refractivity contribution in [3.63, 3.8) is 0 Å². The van der Waals surface area contributed by atoms with Crippen LogP contribution in [0.15, 0.2) is 54.6 Å². The Labute approximate surface area is 337 Å². The second-order valence-corrected chi connectivity index (χ2v) is 16.8. The predicted molar refractivity (Wildman–Crippen MR) is 210 cm³/mol. The minimum absolute atomic E-state index is 0.0260. The van der Waals surface area contributed by atoms with E-state index in [1.165, 1.54) is 46.1 Å². The molecule has 13 heteroatoms. The number of likely N-dealkylation sites (N-methyl/N-ethyl adjacent to an activating group) is 1. The highest BCUT2D eigenvalue weighted by molar-refractivity contribution is 5.83. The molecule has 2 fully saturated rings. The molecule has 0 spiro atoms. The molecular weight excluding hydrogens is 737 g/mol. The van der Waals surface area contributed by atoms with Crippen molar-refractivity contribution in [1.82, 2.24) is 4.90 Å². The molecule has 14 atom stereocenters. The number of halogens is 1. The Bertz CT molecular complexity index is 1640. The molecule has 0 saturated carbocycles. The van der Waals surface area contributed by atoms with Crippen LogP contribution in [0.2, 0.25) is 0 Å². The van der Waals surface area contributed by atoms with Gasteiger partial charge < -0.3 is 39.0 Å². The van der Waals surface area contributed by atoms with E-state index in [0.717, 1.165) is 5.56 Å². The summed E-state index contributed by atoms with van der Waals surface area (Å²) >= 11 is 0. The fraction of sp³-hybridized carbons (Fsp3) is 0.659. The molecule has 2 aliphatic heterocycles. The van der Waals surface area contributed by atoms with Crippen LogP contribution in [-0.2, 0) is 51.0 Å². The van der Waals surface area contributed by atoms with Gasteiger partial charge in [0.25, 0.3) is 0 Å². The maximum absolute atomic E-state index is 14.7. The number of benzene rings is 2. The van der Waals surface area contributed by atoms with Crippen molar-refractivity contribution in [2.75, 3.05) is 14.2 Å². The molecule has 2 aromatic rings. The molecule has 0 bridgehead atoms. The maximum Gasteiger partial charge on any atom is 0.312 e. The Balaban J connectivity index is 1.81. The van der Waals surface area contributed by atoms with Gasteiger partial charge in [-0.05, 0) is 71.2 Å². The largest absolute Gasteiger partial charge is 0.461 e. The van der Waals surface area contributed by atoms with E-state index in [0.29, 0.717) is 13.0 Å². The molecule has 0 aliphatic carbocycles. The number of hydrogen-bond donors (Lipinski definition) is 3. The van der Waals surface area contributed by atoms with Gasteiger partial charge in [0, 0.05) is 37.5 Å². The first-order chi connectivity index (χ1) is 26.7. The molecule has 0 aromatic heterocycles. The Kier molecular flexibility index (Phi) is 16.0. The third-order valence-electron chi connectivity index (χ3n) is 12.2. The molecule has 2 aromatic carbocycles. The van der Waals surface area contributed by atoms with Crippen LogP contribution in [0.5, 0.6) is 0 Å². The van der Waals surface area contributed by atoms with Crippen LogP contribution in [0.25, 0.3) is 0 Å². The Morgan fingerprint density at radius 3 is 2.23 bits per heavy atom. The number of ether oxygens (including phenoxy) is 5. The first-order valence-corrected chi connectivity index (χ1v) is 20.1. The third kappa shape index (κ3) is 10.9. The summed E-state index contributed by atoms with van der Waals surface area (Å²) in [6.45, 7) is 13.6. The molecule has 57 heavy (non-hydrogen) atoms. The normalized spacial score (nSPS) is 37.3. The van der Waals surface area contributed by atoms with Gasteiger partial charge in [0.15, 0.2) is 6.29 Å². The number of cyclic esters (lactones) is 1. The summed E-state index contributed by atoms with van der Waals surface area (Å²) in [6, 6.07) is 15.3. The number of methoxy groups -OCH3 is 1. The van der Waals surface area contributed by atoms with Crippen LogP contribution in [0.3, 0.4) is 0 Å². The van der Waals surface area contributed by atoms with Crippen LogP contribution in [0.4, 0.5) is 4.39 Å². The summed E-state index contributed by atoms with van der Waals surface area (Å²) in [5.74, 6) is -6.59. The van der Waals surface area contributed by atoms with Crippen LogP contribution in [0, 0.1) is 29.5 Å². The van der Waals surface area contributed by atoms with Crippen LogP contribution < -0.4 is 0 Å². The Morgan fingerprint density at radius 2 is 1.61 bits per heavy atom. The van der Waals surface area contributed by atoms with E-state index >= 15 is 0 Å². The molecule has 0 unspecified atom stereocenters. The number of esters is 2. The van der Waals surface area contributed by atoms with E-state index < -0.39 is 102 Å². The fourth-order valence-electron chi connectivity index (χ4n) is 8.69. The first kappa shape index (κ1) is 46.4. The molecule has 318 valence electrons. The number of hydrogen-bond acceptors (Lipinski definition) is 12. The summed E-state index contributed by atoms with van der Waals surface area (Å²) in [5.41, 5.74) is -2.25. The molecule has 12 nitrogen and oxygen atoms in total. The van der Waals surface area contributed by atoms with E-state index in [1.54, 1.807) is 33.8 Å². The molecule has 0 amide bonds. The Morgan fingerprint density at radius 1 is 0.982 bits per heavy atom. The standard InChI is InChI=1S/C44H64FNO11/c1-11-34-44(8,52)39(50)27(4)36(48)25(2)23-43(7,53-10)40(57-42-37(49)33(21-26(3)54-42)46(9)24-30-17-13-12-14-18-30)28(5)38(29(6)41(51)55-34)56-35(47)22-31-19-15-16-20-32(31)45/h12-20,25-29,33-34,37-40,42,49-50,52H,11,21-24H2,1-10H3/t25-,26-,27+,28+,29-,33+,34-,37-,38+,39-,40-,42+,43-,44-/m1/s1. The zero-order valence-corrected chi connectivity index (χ0v) is 35.1. The lowest BCUT2D eigenvalue weighted by Crippen LogP contribution is -2.61. The van der Waals surface area contributed by atoms with Gasteiger partial charge >= 0.3 is 11.9 Å². The van der Waals surface area contributed by atoms with E-state index in [-0.39, 0.29) is 30.3 Å². The molecule has 4 rings (SSSR count). The molecule has 2 heterocycles. The first-order valence-electron chi connectivity index (χ1n) is 20.1. The topological polar surface area (TPSA) is 161 Å². The SMILES string of the molecule is CC[C@H]1OC(=O)[C@H](C)[C@@H](OC(=O)Cc2ccccc2F)[C@H](C)[C@@H](O[C@@H]2O[C@H](C)C[C@H](N(C)Cc3ccccc3)[C@H]2O)[C@](C)(OC)C[C@@H](C)C(=O)[C@H](C)[C@@H](O)[C@]1(C)O. The highest BCUT2D eigenvalue weighted by atomic mass is 19.1. The van der Waals surface area contributed by atoms with E-state index in [9.17, 15) is 34.1 Å². The van der Waals surface area contributed by atoms with Crippen molar-refractivity contribution >= 4 is 17.7 Å². The van der Waals surface area contributed by atoms with Gasteiger partial charge in [0.2, 0.25) is 0 Å². The number of carbonyl (C=O) groups is 3. The third-order valence-corrected chi connectivity index (χ3v) is 12.2. The van der Waals surface area contributed by atoms with Gasteiger partial charge in [-0.1, -0.05) is 76.2 Å². The van der Waals surface area contributed by atoms with Gasteiger partial charge in [-0.3, -0.25) is 19.3 Å². The van der Waals surface area contributed by atoms with Gasteiger partial charge in [0.05, 0.1) is 36.3 Å². The second-order valence-electron chi connectivity index (χ2n) is 16.8. The van der Waals surface area contributed by atoms with Gasteiger partial charge in [-0.25, -0.2) is 4.39 Å². The van der Waals surface area contributed by atoms with Gasteiger partial charge in [-0.15, -0.1) is 0 Å². The summed E-state index contributed by atoms with van der Waals surface area (Å²) in [5, 5.41) is 35.0. The summed E-state index contributed by atoms with van der Waals surface area (Å²) in [7, 11) is 3.37. The number of Topliss-reactive ketones (excluding diaryl/α,β-unsaturated/α-hetero) is 1. The fourth-order valence-corrected chi connectivity index (χ4v) is 8.69. The average molecular weight is 802 g/mol. The van der Waals surface area contributed by atoms with Crippen LogP contribution >= 0.6 is 0 Å². The summed E-state index contributed by atoms with van der Waals surface area (Å²) < 4.78 is 46.1. The maximum atomic E-state index is 14.7. The Hall–Kier alpha value is -3.30. The lowest BCUT2D eigenvalue weighted by atomic mass is 9.74. The van der Waals surface area contributed by atoms with Gasteiger partial charge in [0.1, 0.15) is 35.5 Å². The van der Waals surface area contributed by atoms with Crippen molar-refractivity contribution in [3.05, 3.63) is 71.5 Å². The zero-order valence-electron chi connectivity index (χ0n) is 35.1. The van der Waals surface area contributed by atoms with E-state index in [2.05, 4.69) is 0 Å². The molecular formula is C44H64FNO11.